The number of carbonyl (C=O) groups is 1. The summed E-state index contributed by atoms with van der Waals surface area (Å²) in [5.41, 5.74) is 4.97. The number of ketones is 1. The molecule has 0 aromatic heterocycles. The lowest BCUT2D eigenvalue weighted by atomic mass is 9.71. The van der Waals surface area contributed by atoms with E-state index in [1.54, 1.807) is 19.2 Å². The first-order chi connectivity index (χ1) is 13.9. The van der Waals surface area contributed by atoms with Crippen molar-refractivity contribution in [3.8, 4) is 11.5 Å². The largest absolute Gasteiger partial charge is 0.496 e. The van der Waals surface area contributed by atoms with E-state index in [0.717, 1.165) is 22.3 Å². The van der Waals surface area contributed by atoms with Crippen LogP contribution in [0.3, 0.4) is 0 Å². The zero-order chi connectivity index (χ0) is 20.9. The van der Waals surface area contributed by atoms with E-state index >= 15 is 0 Å². The molecule has 5 atom stereocenters. The molecule has 2 aromatic rings. The lowest BCUT2D eigenvalue weighted by molar-refractivity contribution is 0.0438. The molecular weight excluding hydrogens is 425 g/mol. The third kappa shape index (κ3) is 3.16. The quantitative estimate of drug-likeness (QED) is 0.536. The lowest BCUT2D eigenvalue weighted by Crippen LogP contribution is -2.36. The zero-order valence-electron chi connectivity index (χ0n) is 16.3. The number of hydrogen-bond acceptors (Lipinski definition) is 5. The van der Waals surface area contributed by atoms with Gasteiger partial charge in [0.2, 0.25) is 0 Å². The lowest BCUT2D eigenvalue weighted by Gasteiger charge is -2.40. The van der Waals surface area contributed by atoms with Gasteiger partial charge >= 0.3 is 0 Å². The molecule has 0 N–H and O–H groups in total. The van der Waals surface area contributed by atoms with Crippen LogP contribution in [0.5, 0.6) is 11.5 Å². The number of fused-ring (bicyclic) bond motifs is 4. The predicted molar refractivity (Wildman–Crippen MR) is 122 cm³/mol. The van der Waals surface area contributed by atoms with Crippen molar-refractivity contribution >= 4 is 39.8 Å². The summed E-state index contributed by atoms with van der Waals surface area (Å²) in [4.78, 5) is 13.5. The predicted octanol–water partition coefficient (Wildman–Crippen LogP) is 4.83. The van der Waals surface area contributed by atoms with Crippen LogP contribution in [-0.2, 0) is 15.5 Å². The molecule has 2 aromatic carbocycles. The number of ether oxygens (including phenoxy) is 1. The van der Waals surface area contributed by atoms with Gasteiger partial charge in [0.15, 0.2) is 5.78 Å². The maximum absolute atomic E-state index is 13.5. The minimum absolute atomic E-state index is 0.107. The highest BCUT2D eigenvalue weighted by atomic mass is 31.0. The van der Waals surface area contributed by atoms with Crippen molar-refractivity contribution < 1.29 is 23.1 Å². The summed E-state index contributed by atoms with van der Waals surface area (Å²) in [5.74, 6) is 0.955. The van der Waals surface area contributed by atoms with E-state index in [9.17, 15) is 4.79 Å². The first-order valence-electron chi connectivity index (χ1n) is 9.10. The molecule has 0 saturated carbocycles. The maximum atomic E-state index is 13.5. The van der Waals surface area contributed by atoms with Crippen molar-refractivity contribution in [2.75, 3.05) is 7.11 Å². The monoisotopic (exact) mass is 448 g/mol. The molecule has 8 heteroatoms. The molecule has 0 aliphatic heterocycles. The second-order valence-corrected chi connectivity index (χ2v) is 8.32. The van der Waals surface area contributed by atoms with E-state index in [0.29, 0.717) is 41.0 Å². The first kappa shape index (κ1) is 20.9. The second kappa shape index (κ2) is 7.73. The van der Waals surface area contributed by atoms with Gasteiger partial charge in [-0.25, -0.2) is 0 Å². The smallest absolute Gasteiger partial charge is 0.198 e. The molecule has 0 fully saturated rings. The number of rotatable bonds is 4. The van der Waals surface area contributed by atoms with Crippen LogP contribution < -0.4 is 9.26 Å². The van der Waals surface area contributed by atoms with Gasteiger partial charge < -0.3 is 18.3 Å². The van der Waals surface area contributed by atoms with Crippen LogP contribution in [0.2, 0.25) is 0 Å². The van der Waals surface area contributed by atoms with Crippen molar-refractivity contribution in [3.05, 3.63) is 64.2 Å². The van der Waals surface area contributed by atoms with Gasteiger partial charge in [-0.1, -0.05) is 18.7 Å². The summed E-state index contributed by atoms with van der Waals surface area (Å²) in [6, 6.07) is 7.38. The minimum atomic E-state index is -0.372. The number of carbonyl (C=O) groups excluding carboxylic acids is 1. The third-order valence-corrected chi connectivity index (χ3v) is 6.99. The van der Waals surface area contributed by atoms with E-state index in [1.807, 2.05) is 12.1 Å². The molecule has 2 aliphatic rings. The fourth-order valence-corrected chi connectivity index (χ4v) is 5.10. The molecule has 29 heavy (non-hydrogen) atoms. The van der Waals surface area contributed by atoms with Gasteiger partial charge in [0, 0.05) is 42.9 Å². The van der Waals surface area contributed by atoms with Gasteiger partial charge in [0.1, 0.15) is 11.5 Å². The Morgan fingerprint density at radius 1 is 1.07 bits per heavy atom. The van der Waals surface area contributed by atoms with Crippen LogP contribution in [0.15, 0.2) is 30.8 Å². The van der Waals surface area contributed by atoms with Gasteiger partial charge in [0.05, 0.1) is 33.8 Å². The van der Waals surface area contributed by atoms with E-state index in [1.165, 1.54) is 0 Å². The molecule has 0 spiro atoms. The van der Waals surface area contributed by atoms with Gasteiger partial charge in [-0.3, -0.25) is 4.79 Å². The summed E-state index contributed by atoms with van der Waals surface area (Å²) in [5, 5.41) is 0. The van der Waals surface area contributed by atoms with Crippen molar-refractivity contribution in [1.82, 2.24) is 0 Å². The Morgan fingerprint density at radius 3 is 2.41 bits per heavy atom. The summed E-state index contributed by atoms with van der Waals surface area (Å²) < 4.78 is 22.4. The van der Waals surface area contributed by atoms with Gasteiger partial charge in [0.25, 0.3) is 0 Å². The van der Waals surface area contributed by atoms with Crippen molar-refractivity contribution in [2.24, 2.45) is 0 Å². The summed E-state index contributed by atoms with van der Waals surface area (Å²) >= 11 is 0. The molecule has 4 rings (SSSR count). The van der Waals surface area contributed by atoms with Crippen LogP contribution >= 0.6 is 28.4 Å². The topological polar surface area (TPSA) is 54.0 Å². The molecule has 0 radical (unpaired) electrons. The van der Waals surface area contributed by atoms with E-state index < -0.39 is 0 Å². The normalized spacial score (nSPS) is 22.6. The Balaban J connectivity index is 2.00. The Hall–Kier alpha value is -1.34. The summed E-state index contributed by atoms with van der Waals surface area (Å²) in [6.07, 6.45) is 1.12. The maximum Gasteiger partial charge on any atom is 0.198 e. The molecule has 2 aliphatic carbocycles. The van der Waals surface area contributed by atoms with Crippen LogP contribution in [-0.4, -0.2) is 18.5 Å². The molecule has 0 bridgehead atoms. The minimum Gasteiger partial charge on any atom is -0.496 e. The average molecular weight is 448 g/mol. The second-order valence-electron chi connectivity index (χ2n) is 7.58. The third-order valence-electron chi connectivity index (χ3n) is 5.84. The van der Waals surface area contributed by atoms with E-state index in [-0.39, 0.29) is 17.5 Å². The molecule has 152 valence electrons. The molecule has 0 heterocycles. The molecule has 5 unspecified atom stereocenters. The number of methoxy groups -OCH3 is 1. The van der Waals surface area contributed by atoms with Gasteiger partial charge in [-0.2, -0.15) is 0 Å². The Kier molecular flexibility index (Phi) is 5.57. The SMILES string of the molecule is C=C1c2c(OP)ccc(OC)c2C(=O)c2ccc3c(c21)C(OP)CC(C)(OP)C3. The Morgan fingerprint density at radius 2 is 1.79 bits per heavy atom. The molecule has 0 saturated heterocycles. The van der Waals surface area contributed by atoms with E-state index in [4.69, 9.17) is 18.3 Å². The Labute approximate surface area is 177 Å². The highest BCUT2D eigenvalue weighted by Gasteiger charge is 2.41. The van der Waals surface area contributed by atoms with Crippen molar-refractivity contribution in [3.63, 3.8) is 0 Å². The zero-order valence-corrected chi connectivity index (χ0v) is 19.7. The van der Waals surface area contributed by atoms with Gasteiger partial charge in [-0.15, -0.1) is 0 Å². The first-order valence-corrected chi connectivity index (χ1v) is 10.5. The fraction of sp³-hybridized carbons (Fsp3) is 0.286. The van der Waals surface area contributed by atoms with Crippen LogP contribution in [0.1, 0.15) is 57.6 Å². The molecule has 0 amide bonds. The molecule has 5 nitrogen and oxygen atoms in total. The molecular formula is C21H23O5P3. The number of benzene rings is 2. The highest BCUT2D eigenvalue weighted by Crippen LogP contribution is 2.51. The fourth-order valence-electron chi connectivity index (χ4n) is 4.49. The van der Waals surface area contributed by atoms with E-state index in [2.05, 4.69) is 41.9 Å². The van der Waals surface area contributed by atoms with Crippen LogP contribution in [0, 0.1) is 0 Å². The van der Waals surface area contributed by atoms with Gasteiger partial charge in [-0.05, 0) is 41.3 Å². The van der Waals surface area contributed by atoms with Crippen molar-refractivity contribution in [2.45, 2.75) is 31.5 Å². The average Bonchev–Trinajstić information content (AvgIpc) is 2.74. The van der Waals surface area contributed by atoms with Crippen LogP contribution in [0.4, 0.5) is 0 Å². The summed E-state index contributed by atoms with van der Waals surface area (Å²) in [7, 11) is 8.50. The van der Waals surface area contributed by atoms with Crippen LogP contribution in [0.25, 0.3) is 5.57 Å². The summed E-state index contributed by atoms with van der Waals surface area (Å²) in [6.45, 7) is 6.41. The standard InChI is InChI=1S/C21H23O5P3/c1-10-16-12(20(22)19-13(23-3)6-7-14(24-27)17(10)19)5-4-11-8-21(2,26-29)9-15(25-28)18(11)16/h4-7,15H,1,8-9,27-29H2,2-3H3. The Bertz CT molecular complexity index is 1040. The highest BCUT2D eigenvalue weighted by molar-refractivity contribution is 7.10. The van der Waals surface area contributed by atoms with Crippen molar-refractivity contribution in [1.29, 1.82) is 0 Å². The number of hydrogen-bond donors (Lipinski definition) is 0.